The number of ether oxygens (including phenoxy) is 3. The lowest BCUT2D eigenvalue weighted by atomic mass is 10.1. The Labute approximate surface area is 164 Å². The van der Waals surface area contributed by atoms with Crippen molar-refractivity contribution >= 4 is 11.6 Å². The number of methoxy groups -OCH3 is 3. The molecule has 2 N–H and O–H groups in total. The molecule has 0 radical (unpaired) electrons. The molecule has 0 aliphatic rings. The molecule has 7 heteroatoms. The van der Waals surface area contributed by atoms with Crippen LogP contribution in [0.3, 0.4) is 0 Å². The number of hydrogen-bond acceptors (Lipinski definition) is 6. The van der Waals surface area contributed by atoms with Crippen molar-refractivity contribution in [3.63, 3.8) is 0 Å². The Bertz CT molecular complexity index is 887. The van der Waals surface area contributed by atoms with Crippen LogP contribution >= 0.6 is 0 Å². The van der Waals surface area contributed by atoms with Crippen molar-refractivity contribution in [1.82, 2.24) is 5.32 Å². The van der Waals surface area contributed by atoms with Crippen LogP contribution < -0.4 is 24.8 Å². The van der Waals surface area contributed by atoms with Gasteiger partial charge in [0.15, 0.2) is 0 Å². The van der Waals surface area contributed by atoms with Crippen molar-refractivity contribution in [2.24, 2.45) is 0 Å². The SMILES string of the molecule is COc1ccc(OC)c(NC(=O)/C(C#N)=C\NCCc2ccccc2OC)c1. The van der Waals surface area contributed by atoms with Gasteiger partial charge >= 0.3 is 0 Å². The summed E-state index contributed by atoms with van der Waals surface area (Å²) in [6.07, 6.45) is 2.09. The summed E-state index contributed by atoms with van der Waals surface area (Å²) >= 11 is 0. The minimum Gasteiger partial charge on any atom is -0.497 e. The summed E-state index contributed by atoms with van der Waals surface area (Å²) in [6, 6.07) is 14.6. The zero-order chi connectivity index (χ0) is 20.4. The van der Waals surface area contributed by atoms with E-state index in [1.807, 2.05) is 30.3 Å². The van der Waals surface area contributed by atoms with Crippen LogP contribution in [0.25, 0.3) is 0 Å². The van der Waals surface area contributed by atoms with Crippen molar-refractivity contribution < 1.29 is 19.0 Å². The number of carbonyl (C=O) groups is 1. The van der Waals surface area contributed by atoms with Crippen LogP contribution in [0.1, 0.15) is 5.56 Å². The predicted molar refractivity (Wildman–Crippen MR) is 107 cm³/mol. The van der Waals surface area contributed by atoms with Gasteiger partial charge < -0.3 is 24.8 Å². The third-order valence-electron chi connectivity index (χ3n) is 4.00. The van der Waals surface area contributed by atoms with E-state index in [4.69, 9.17) is 14.2 Å². The van der Waals surface area contributed by atoms with Crippen molar-refractivity contribution in [2.75, 3.05) is 33.2 Å². The molecular weight excluding hydrogens is 358 g/mol. The number of amides is 1. The van der Waals surface area contributed by atoms with Crippen LogP contribution in [0.5, 0.6) is 17.2 Å². The maximum Gasteiger partial charge on any atom is 0.267 e. The first-order valence-corrected chi connectivity index (χ1v) is 8.61. The van der Waals surface area contributed by atoms with Gasteiger partial charge in [-0.05, 0) is 30.2 Å². The highest BCUT2D eigenvalue weighted by atomic mass is 16.5. The van der Waals surface area contributed by atoms with E-state index in [0.717, 1.165) is 11.3 Å². The summed E-state index contributed by atoms with van der Waals surface area (Å²) < 4.78 is 15.7. The molecule has 7 nitrogen and oxygen atoms in total. The molecule has 0 aromatic heterocycles. The Balaban J connectivity index is 2.00. The highest BCUT2D eigenvalue weighted by molar-refractivity contribution is 6.07. The fraction of sp³-hybridized carbons (Fsp3) is 0.238. The smallest absolute Gasteiger partial charge is 0.267 e. The number of rotatable bonds is 9. The molecule has 28 heavy (non-hydrogen) atoms. The van der Waals surface area contributed by atoms with Gasteiger partial charge in [-0.15, -0.1) is 0 Å². The van der Waals surface area contributed by atoms with E-state index >= 15 is 0 Å². The molecule has 2 rings (SSSR count). The number of benzene rings is 2. The molecule has 0 saturated carbocycles. The van der Waals surface area contributed by atoms with E-state index in [0.29, 0.717) is 30.2 Å². The average Bonchev–Trinajstić information content (AvgIpc) is 2.73. The molecule has 2 aromatic carbocycles. The first-order valence-electron chi connectivity index (χ1n) is 8.61. The largest absolute Gasteiger partial charge is 0.497 e. The predicted octanol–water partition coefficient (Wildman–Crippen LogP) is 2.89. The molecular formula is C21H23N3O4. The van der Waals surface area contributed by atoms with Crippen LogP contribution in [0.4, 0.5) is 5.69 Å². The second-order valence-corrected chi connectivity index (χ2v) is 5.71. The monoisotopic (exact) mass is 381 g/mol. The first kappa shape index (κ1) is 20.6. The van der Waals surface area contributed by atoms with E-state index in [9.17, 15) is 10.1 Å². The lowest BCUT2D eigenvalue weighted by Gasteiger charge is -2.11. The van der Waals surface area contributed by atoms with Gasteiger partial charge in [0.25, 0.3) is 5.91 Å². The standard InChI is InChI=1S/C21H23N3O4/c1-26-17-8-9-20(28-3)18(12-17)24-21(25)16(13-22)14-23-11-10-15-6-4-5-7-19(15)27-2/h4-9,12,14,23H,10-11H2,1-3H3,(H,24,25)/b16-14-. The molecule has 0 heterocycles. The van der Waals surface area contributed by atoms with Crippen molar-refractivity contribution in [3.05, 3.63) is 59.8 Å². The summed E-state index contributed by atoms with van der Waals surface area (Å²) in [4.78, 5) is 12.4. The number of nitrogens with zero attached hydrogens (tertiary/aromatic N) is 1. The minimum absolute atomic E-state index is 0.0510. The van der Waals surface area contributed by atoms with E-state index in [1.165, 1.54) is 20.4 Å². The molecule has 0 bridgehead atoms. The highest BCUT2D eigenvalue weighted by Crippen LogP contribution is 2.29. The number of hydrogen-bond donors (Lipinski definition) is 2. The van der Waals surface area contributed by atoms with Gasteiger partial charge in [0.2, 0.25) is 0 Å². The Kier molecular flexibility index (Phi) is 7.73. The van der Waals surface area contributed by atoms with Crippen molar-refractivity contribution in [2.45, 2.75) is 6.42 Å². The Morgan fingerprint density at radius 3 is 2.50 bits per heavy atom. The molecule has 0 atom stereocenters. The molecule has 0 spiro atoms. The Morgan fingerprint density at radius 2 is 1.82 bits per heavy atom. The van der Waals surface area contributed by atoms with Gasteiger partial charge in [0.1, 0.15) is 28.9 Å². The van der Waals surface area contributed by atoms with Gasteiger partial charge in [-0.2, -0.15) is 5.26 Å². The van der Waals surface area contributed by atoms with E-state index in [1.54, 1.807) is 25.3 Å². The molecule has 0 unspecified atom stereocenters. The summed E-state index contributed by atoms with van der Waals surface area (Å²) in [7, 11) is 4.65. The average molecular weight is 381 g/mol. The molecule has 0 aliphatic heterocycles. The van der Waals surface area contributed by atoms with Crippen LogP contribution in [-0.2, 0) is 11.2 Å². The normalized spacial score (nSPS) is 10.6. The van der Waals surface area contributed by atoms with E-state index < -0.39 is 5.91 Å². The zero-order valence-corrected chi connectivity index (χ0v) is 16.1. The first-order chi connectivity index (χ1) is 13.6. The maximum absolute atomic E-state index is 12.4. The fourth-order valence-electron chi connectivity index (χ4n) is 2.54. The molecule has 2 aromatic rings. The highest BCUT2D eigenvalue weighted by Gasteiger charge is 2.13. The summed E-state index contributed by atoms with van der Waals surface area (Å²) in [5.74, 6) is 1.29. The van der Waals surface area contributed by atoms with Gasteiger partial charge in [-0.3, -0.25) is 4.79 Å². The molecule has 0 fully saturated rings. The van der Waals surface area contributed by atoms with E-state index in [2.05, 4.69) is 10.6 Å². The minimum atomic E-state index is -0.543. The number of nitrogens with one attached hydrogen (secondary N) is 2. The van der Waals surface area contributed by atoms with Crippen LogP contribution in [-0.4, -0.2) is 33.8 Å². The molecule has 146 valence electrons. The summed E-state index contributed by atoms with van der Waals surface area (Å²) in [6.45, 7) is 0.543. The third kappa shape index (κ3) is 5.42. The fourth-order valence-corrected chi connectivity index (χ4v) is 2.54. The second-order valence-electron chi connectivity index (χ2n) is 5.71. The van der Waals surface area contributed by atoms with Gasteiger partial charge in [-0.1, -0.05) is 18.2 Å². The lowest BCUT2D eigenvalue weighted by Crippen LogP contribution is -2.18. The summed E-state index contributed by atoms with van der Waals surface area (Å²) in [5, 5.41) is 15.0. The van der Waals surface area contributed by atoms with Crippen LogP contribution in [0.2, 0.25) is 0 Å². The Hall–Kier alpha value is -3.66. The van der Waals surface area contributed by atoms with E-state index in [-0.39, 0.29) is 5.57 Å². The molecule has 1 amide bonds. The topological polar surface area (TPSA) is 92.6 Å². The Morgan fingerprint density at radius 1 is 1.07 bits per heavy atom. The van der Waals surface area contributed by atoms with Crippen molar-refractivity contribution in [1.29, 1.82) is 5.26 Å². The zero-order valence-electron chi connectivity index (χ0n) is 16.1. The quantitative estimate of drug-likeness (QED) is 0.394. The van der Waals surface area contributed by atoms with Gasteiger partial charge in [0, 0.05) is 18.8 Å². The number of carbonyl (C=O) groups excluding carboxylic acids is 1. The lowest BCUT2D eigenvalue weighted by molar-refractivity contribution is -0.112. The van der Waals surface area contributed by atoms with Crippen molar-refractivity contribution in [3.8, 4) is 23.3 Å². The molecule has 0 aliphatic carbocycles. The van der Waals surface area contributed by atoms with Gasteiger partial charge in [0.05, 0.1) is 27.0 Å². The molecule has 0 saturated heterocycles. The number of anilines is 1. The second kappa shape index (κ2) is 10.5. The number of para-hydroxylation sites is 1. The van der Waals surface area contributed by atoms with Crippen LogP contribution in [0, 0.1) is 11.3 Å². The van der Waals surface area contributed by atoms with Gasteiger partial charge in [-0.25, -0.2) is 0 Å². The maximum atomic E-state index is 12.4. The van der Waals surface area contributed by atoms with Crippen LogP contribution in [0.15, 0.2) is 54.2 Å². The summed E-state index contributed by atoms with van der Waals surface area (Å²) in [5.41, 5.74) is 1.40. The third-order valence-corrected chi connectivity index (χ3v) is 4.00. The number of nitriles is 1.